The van der Waals surface area contributed by atoms with E-state index in [1.807, 2.05) is 24.3 Å². The summed E-state index contributed by atoms with van der Waals surface area (Å²) >= 11 is 0. The molecule has 58 heavy (non-hydrogen) atoms. The van der Waals surface area contributed by atoms with Gasteiger partial charge in [0.1, 0.15) is 25.8 Å². The fourth-order valence-corrected chi connectivity index (χ4v) is 10.6. The van der Waals surface area contributed by atoms with E-state index in [0.29, 0.717) is 38.1 Å². The second-order valence-corrected chi connectivity index (χ2v) is 31.3. The van der Waals surface area contributed by atoms with Gasteiger partial charge in [0.05, 0.1) is 25.3 Å². The third kappa shape index (κ3) is 15.1. The number of ether oxygens (including phenoxy) is 4. The van der Waals surface area contributed by atoms with Gasteiger partial charge in [0.15, 0.2) is 0 Å². The molecule has 2 saturated carbocycles. The van der Waals surface area contributed by atoms with E-state index >= 15 is 4.79 Å². The fourth-order valence-electron chi connectivity index (χ4n) is 9.10. The molecule has 1 saturated heterocycles. The maximum absolute atomic E-state index is 15.8. The SMILES string of the molecule is C[Si](C)(C)CCOCO[C@@H]1[C@@H](OCOCC[Si](C)(C)C)[C@@H](CC2CCCCC2)N(Cc2ccc(CO)cc2)C(=O)N(Cc2ccc(CO)cc2)[C@@H]1CC1CCCCC1. The lowest BCUT2D eigenvalue weighted by Crippen LogP contribution is -2.53. The standard InChI is InChI=1S/C47H78N2O7Si2/c1-57(2,3)27-25-53-35-55-45-43(29-37-13-9-7-10-14-37)48(31-39-17-21-41(33-50)22-18-39)47(52)49(32-40-19-23-42(34-51)24-20-40)44(30-38-15-11-8-12-16-38)46(45)56-36-54-26-28-58(4,5)6/h17-24,37-38,43-46,50-51H,7-16,25-36H2,1-6H3/t43-,44-,45+,46+/m1/s1. The first-order chi connectivity index (χ1) is 27.8. The van der Waals surface area contributed by atoms with Gasteiger partial charge in [-0.05, 0) is 59.0 Å². The van der Waals surface area contributed by atoms with Crippen LogP contribution in [-0.2, 0) is 45.3 Å². The number of benzene rings is 2. The van der Waals surface area contributed by atoms with Gasteiger partial charge in [-0.3, -0.25) is 0 Å². The van der Waals surface area contributed by atoms with Crippen LogP contribution in [0.25, 0.3) is 0 Å². The van der Waals surface area contributed by atoms with Crippen LogP contribution in [0, 0.1) is 11.8 Å². The molecule has 2 aliphatic carbocycles. The molecule has 5 rings (SSSR count). The van der Waals surface area contributed by atoms with Crippen LogP contribution < -0.4 is 0 Å². The van der Waals surface area contributed by atoms with Crippen molar-refractivity contribution in [3.63, 3.8) is 0 Å². The molecule has 0 spiro atoms. The first-order valence-corrected chi connectivity index (χ1v) is 30.1. The molecule has 0 radical (unpaired) electrons. The number of hydrogen-bond acceptors (Lipinski definition) is 7. The number of urea groups is 1. The second kappa shape index (κ2) is 23.2. The Labute approximate surface area is 353 Å². The molecule has 4 atom stereocenters. The monoisotopic (exact) mass is 839 g/mol. The van der Waals surface area contributed by atoms with Crippen LogP contribution in [0.4, 0.5) is 4.79 Å². The van der Waals surface area contributed by atoms with Gasteiger partial charge in [0.25, 0.3) is 0 Å². The zero-order chi connectivity index (χ0) is 41.5. The molecule has 326 valence electrons. The highest BCUT2D eigenvalue weighted by Gasteiger charge is 2.50. The van der Waals surface area contributed by atoms with Crippen molar-refractivity contribution in [3.05, 3.63) is 70.8 Å². The molecule has 11 heteroatoms. The van der Waals surface area contributed by atoms with Gasteiger partial charge in [-0.15, -0.1) is 0 Å². The van der Waals surface area contributed by atoms with Crippen molar-refractivity contribution in [2.45, 2.75) is 179 Å². The summed E-state index contributed by atoms with van der Waals surface area (Å²) in [5.74, 6) is 0.959. The molecule has 9 nitrogen and oxygen atoms in total. The number of hydrogen-bond donors (Lipinski definition) is 2. The van der Waals surface area contributed by atoms with Crippen LogP contribution in [0.15, 0.2) is 48.5 Å². The Balaban J connectivity index is 1.61. The first kappa shape index (κ1) is 47.0. The summed E-state index contributed by atoms with van der Waals surface area (Å²) in [5.41, 5.74) is 3.75. The Bertz CT molecular complexity index is 1360. The van der Waals surface area contributed by atoms with Crippen molar-refractivity contribution < 1.29 is 34.0 Å². The van der Waals surface area contributed by atoms with Crippen LogP contribution in [0.5, 0.6) is 0 Å². The number of nitrogens with zero attached hydrogens (tertiary/aromatic N) is 2. The smallest absolute Gasteiger partial charge is 0.321 e. The third-order valence-corrected chi connectivity index (χ3v) is 16.2. The summed E-state index contributed by atoms with van der Waals surface area (Å²) in [5, 5.41) is 19.7. The summed E-state index contributed by atoms with van der Waals surface area (Å²) in [6, 6.07) is 17.7. The lowest BCUT2D eigenvalue weighted by Gasteiger charge is -2.40. The van der Waals surface area contributed by atoms with E-state index in [4.69, 9.17) is 18.9 Å². The van der Waals surface area contributed by atoms with Crippen molar-refractivity contribution in [1.29, 1.82) is 0 Å². The molecule has 0 bridgehead atoms. The molecule has 2 aromatic carbocycles. The van der Waals surface area contributed by atoms with Gasteiger partial charge in [-0.25, -0.2) is 4.79 Å². The van der Waals surface area contributed by atoms with Crippen molar-refractivity contribution in [2.24, 2.45) is 11.8 Å². The van der Waals surface area contributed by atoms with Crippen molar-refractivity contribution in [1.82, 2.24) is 9.80 Å². The molecule has 0 unspecified atom stereocenters. The lowest BCUT2D eigenvalue weighted by molar-refractivity contribution is -0.191. The zero-order valence-corrected chi connectivity index (χ0v) is 39.0. The quantitative estimate of drug-likeness (QED) is 0.0692. The Morgan fingerprint density at radius 3 is 1.22 bits per heavy atom. The normalized spacial score (nSPS) is 23.1. The van der Waals surface area contributed by atoms with Crippen molar-refractivity contribution in [2.75, 3.05) is 26.8 Å². The Hall–Kier alpha value is -2.10. The molecule has 0 aromatic heterocycles. The highest BCUT2D eigenvalue weighted by molar-refractivity contribution is 6.76. The number of aliphatic hydroxyl groups is 2. The topological polar surface area (TPSA) is 101 Å². The number of aliphatic hydroxyl groups excluding tert-OH is 2. The van der Waals surface area contributed by atoms with Gasteiger partial charge in [0.2, 0.25) is 0 Å². The maximum Gasteiger partial charge on any atom is 0.321 e. The summed E-state index contributed by atoms with van der Waals surface area (Å²) in [6.07, 6.45) is 12.8. The summed E-state index contributed by atoms with van der Waals surface area (Å²) in [4.78, 5) is 20.0. The molecule has 2 amide bonds. The minimum Gasteiger partial charge on any atom is -0.392 e. The van der Waals surface area contributed by atoms with Crippen molar-refractivity contribution >= 4 is 22.2 Å². The van der Waals surface area contributed by atoms with Crippen LogP contribution >= 0.6 is 0 Å². The molecule has 2 aromatic rings. The van der Waals surface area contributed by atoms with E-state index in [1.165, 1.54) is 38.5 Å². The van der Waals surface area contributed by atoms with Gasteiger partial charge in [-0.1, -0.05) is 152 Å². The number of amides is 2. The summed E-state index contributed by atoms with van der Waals surface area (Å²) < 4.78 is 26.8. The lowest BCUT2D eigenvalue weighted by atomic mass is 9.80. The fraction of sp³-hybridized carbons (Fsp3) is 0.723. The Morgan fingerprint density at radius 2 is 0.897 bits per heavy atom. The Kier molecular flexibility index (Phi) is 18.8. The van der Waals surface area contributed by atoms with E-state index in [9.17, 15) is 10.2 Å². The zero-order valence-electron chi connectivity index (χ0n) is 37.0. The van der Waals surface area contributed by atoms with Gasteiger partial charge < -0.3 is 39.0 Å². The molecule has 1 heterocycles. The predicted molar refractivity (Wildman–Crippen MR) is 239 cm³/mol. The van der Waals surface area contributed by atoms with Crippen LogP contribution in [0.1, 0.15) is 99.3 Å². The van der Waals surface area contributed by atoms with Gasteiger partial charge in [0, 0.05) is 42.5 Å². The largest absolute Gasteiger partial charge is 0.392 e. The molecule has 1 aliphatic heterocycles. The van der Waals surface area contributed by atoms with E-state index in [0.717, 1.165) is 72.9 Å². The Morgan fingerprint density at radius 1 is 0.552 bits per heavy atom. The maximum atomic E-state index is 15.8. The number of carbonyl (C=O) groups is 1. The molecule has 2 N–H and O–H groups in total. The first-order valence-electron chi connectivity index (χ1n) is 22.7. The number of rotatable bonds is 22. The van der Waals surface area contributed by atoms with Gasteiger partial charge >= 0.3 is 6.03 Å². The van der Waals surface area contributed by atoms with Crippen LogP contribution in [0.2, 0.25) is 51.4 Å². The van der Waals surface area contributed by atoms with E-state index in [1.54, 1.807) is 0 Å². The average Bonchev–Trinajstić information content (AvgIpc) is 3.27. The highest BCUT2D eigenvalue weighted by atomic mass is 28.3. The van der Waals surface area contributed by atoms with Crippen LogP contribution in [-0.4, -0.2) is 93.3 Å². The van der Waals surface area contributed by atoms with E-state index < -0.39 is 28.4 Å². The van der Waals surface area contributed by atoms with Crippen molar-refractivity contribution in [3.8, 4) is 0 Å². The predicted octanol–water partition coefficient (Wildman–Crippen LogP) is 10.2. The summed E-state index contributed by atoms with van der Waals surface area (Å²) in [6.45, 7) is 16.6. The molecular formula is C47H78N2O7Si2. The molecular weight excluding hydrogens is 761 g/mol. The van der Waals surface area contributed by atoms with Crippen LogP contribution in [0.3, 0.4) is 0 Å². The average molecular weight is 839 g/mol. The number of carbonyl (C=O) groups excluding carboxylic acids is 1. The minimum absolute atomic E-state index is 0.0121. The molecule has 3 aliphatic rings. The third-order valence-electron chi connectivity index (χ3n) is 12.8. The second-order valence-electron chi connectivity index (χ2n) is 20.0. The van der Waals surface area contributed by atoms with E-state index in [-0.39, 0.29) is 44.9 Å². The van der Waals surface area contributed by atoms with E-state index in [2.05, 4.69) is 73.3 Å². The molecule has 3 fully saturated rings. The highest BCUT2D eigenvalue weighted by Crippen LogP contribution is 2.39. The minimum atomic E-state index is -1.32. The van der Waals surface area contributed by atoms with Gasteiger partial charge in [-0.2, -0.15) is 0 Å². The summed E-state index contributed by atoms with van der Waals surface area (Å²) in [7, 11) is -2.63.